The maximum absolute atomic E-state index is 11.6. The Hall–Kier alpha value is -6.85. The second-order valence-corrected chi connectivity index (χ2v) is 26.5. The molecule has 11 rings (SSSR count). The molecular formula is C80H116Cl4N15O9Os-3. The van der Waals surface area contributed by atoms with Gasteiger partial charge in [-0.1, -0.05) is 46.1 Å². The number of aryl methyl sites for hydroxylation is 8. The number of unbranched alkanes of at least 4 members (excludes halogenated alkanes) is 7. The number of aliphatic carboxylic acids is 1. The number of amides is 1. The van der Waals surface area contributed by atoms with Crippen molar-refractivity contribution in [1.82, 2.24) is 63.0 Å². The van der Waals surface area contributed by atoms with Crippen molar-refractivity contribution in [3.8, 4) is 34.8 Å². The molecule has 0 radical (unpaired) electrons. The molecule has 11 heterocycles. The largest absolute Gasteiger partial charge is 1.00 e. The zero-order valence-corrected chi connectivity index (χ0v) is 70.7. The van der Waals surface area contributed by atoms with Crippen molar-refractivity contribution in [3.63, 3.8) is 0 Å². The van der Waals surface area contributed by atoms with E-state index in [4.69, 9.17) is 28.4 Å². The first kappa shape index (κ1) is 98.2. The number of halogens is 4. The van der Waals surface area contributed by atoms with Crippen LogP contribution < -0.4 is 69.2 Å². The van der Waals surface area contributed by atoms with Gasteiger partial charge in [0.25, 0.3) is 0 Å². The van der Waals surface area contributed by atoms with Crippen molar-refractivity contribution in [2.75, 3.05) is 72.6 Å². The van der Waals surface area contributed by atoms with Crippen molar-refractivity contribution in [1.29, 1.82) is 0 Å². The summed E-state index contributed by atoms with van der Waals surface area (Å²) < 4.78 is 45.8. The number of carboxylic acid groups (broad SMARTS) is 1. The van der Waals surface area contributed by atoms with Crippen LogP contribution in [0.25, 0.3) is 34.8 Å². The third-order valence-electron chi connectivity index (χ3n) is 18.0. The van der Waals surface area contributed by atoms with Crippen molar-refractivity contribution in [2.45, 2.75) is 181 Å². The molecule has 5 atom stereocenters. The molecule has 2 aliphatic heterocycles. The number of nitrogens with one attached hydrogen (secondary N) is 1. The Balaban J connectivity index is 0.000000511. The number of ether oxygens (including phenoxy) is 6. The van der Waals surface area contributed by atoms with E-state index in [0.29, 0.717) is 102 Å². The Morgan fingerprint density at radius 1 is 0.532 bits per heavy atom. The zero-order valence-electron chi connectivity index (χ0n) is 65.1. The van der Waals surface area contributed by atoms with Crippen molar-refractivity contribution >= 4 is 11.9 Å². The molecule has 5 unspecified atom stereocenters. The van der Waals surface area contributed by atoms with Crippen LogP contribution in [0.1, 0.15) is 164 Å². The number of hydrogen-bond donors (Lipinski definition) is 1. The van der Waals surface area contributed by atoms with Gasteiger partial charge in [-0.05, 0) is 130 Å². The van der Waals surface area contributed by atoms with Crippen LogP contribution in [0, 0.1) is 6.92 Å². The molecule has 0 bridgehead atoms. The quantitative estimate of drug-likeness (QED) is 0.0270. The number of aromatic nitrogens is 14. The minimum absolute atomic E-state index is 0. The minimum atomic E-state index is -0.961. The van der Waals surface area contributed by atoms with Crippen molar-refractivity contribution in [3.05, 3.63) is 176 Å². The summed E-state index contributed by atoms with van der Waals surface area (Å²) in [6.45, 7) is 21.1. The number of carbonyl (C=O) groups excluding carboxylic acids is 2. The third kappa shape index (κ3) is 38.3. The molecule has 9 aromatic heterocycles. The molecule has 0 aliphatic carbocycles. The van der Waals surface area contributed by atoms with Crippen molar-refractivity contribution < 1.29 is 122 Å². The molecule has 9 aromatic rings. The zero-order chi connectivity index (χ0) is 73.9. The van der Waals surface area contributed by atoms with E-state index in [9.17, 15) is 14.7 Å². The van der Waals surface area contributed by atoms with Gasteiger partial charge in [-0.3, -0.25) is 9.78 Å². The summed E-state index contributed by atoms with van der Waals surface area (Å²) in [6.07, 6.45) is 46.5. The van der Waals surface area contributed by atoms with Crippen LogP contribution in [0.15, 0.2) is 154 Å². The minimum Gasteiger partial charge on any atom is -1.00 e. The van der Waals surface area contributed by atoms with Gasteiger partial charge < -0.3 is 116 Å². The van der Waals surface area contributed by atoms with Crippen LogP contribution in [0.2, 0.25) is 0 Å². The predicted octanol–water partition coefficient (Wildman–Crippen LogP) is -1.14. The van der Waals surface area contributed by atoms with Crippen LogP contribution in [-0.4, -0.2) is 154 Å². The van der Waals surface area contributed by atoms with E-state index < -0.39 is 5.97 Å². The molecule has 0 spiro atoms. The van der Waals surface area contributed by atoms with Crippen LogP contribution in [0.5, 0.6) is 0 Å². The monoisotopic (exact) mass is 1760 g/mol. The maximum Gasteiger partial charge on any atom is 0.219 e. The number of imidazole rings is 5. The van der Waals surface area contributed by atoms with E-state index in [-0.39, 0.29) is 81.7 Å². The van der Waals surface area contributed by atoms with Crippen LogP contribution in [0.4, 0.5) is 0 Å². The van der Waals surface area contributed by atoms with Gasteiger partial charge in [0.15, 0.2) is 53.9 Å². The first-order valence-electron chi connectivity index (χ1n) is 37.5. The molecule has 0 aromatic carbocycles. The molecule has 24 nitrogen and oxygen atoms in total. The van der Waals surface area contributed by atoms with Crippen LogP contribution in [-0.2, 0) is 106 Å². The van der Waals surface area contributed by atoms with E-state index in [1.54, 1.807) is 24.8 Å². The van der Waals surface area contributed by atoms with Gasteiger partial charge in [-0.15, -0.1) is 0 Å². The Morgan fingerprint density at radius 2 is 0.972 bits per heavy atom. The molecule has 1 N–H and O–H groups in total. The standard InChI is InChI=1S/C37H52N4O3.C15H21N3.C12H22O6.2C8H10N4.4ClH.Os/c1-4-31(34-18-26-41(27-19-34)22-10-6-8-12-36(42)39-5-2)29-35(33-14-20-38-21-15-33)28-30(3)32-16-24-40(25-17-32)23-11-7-9-13-37(43)44;1-3-4-5-6-11-18-12-10-16-15(18)14-9-7-8-13(2)17-14;1(13-3-5-15-7-11-9-17-11)2-14-4-6-16-8-12-10-18-12;2*1-11-5-3-9-7(11)8-10-4-6-12(8)2;;;;;/h14-21,24-27,30-31,35H,4-13,22-23,28-29H2,1-3H3;7-10,12H,3-6,11H2,1-2H3;11-12H,1-10H2;2*3-6H,1-2H3;4*1H;/p-3. The van der Waals surface area contributed by atoms with Crippen molar-refractivity contribution in [2.24, 2.45) is 28.2 Å². The number of hydrogen-bond acceptors (Lipinski definition) is 16. The number of epoxide rings is 2. The maximum atomic E-state index is 11.6. The Kier molecular flexibility index (Phi) is 51.6. The van der Waals surface area contributed by atoms with Crippen LogP contribution in [0.3, 0.4) is 0 Å². The molecule has 109 heavy (non-hydrogen) atoms. The Labute approximate surface area is 684 Å². The summed E-state index contributed by atoms with van der Waals surface area (Å²) in [5.41, 5.74) is 6.10. The summed E-state index contributed by atoms with van der Waals surface area (Å²) in [5.74, 6) is 5.05. The summed E-state index contributed by atoms with van der Waals surface area (Å²) in [4.78, 5) is 52.3. The Bertz CT molecular complexity index is 3610. The van der Waals surface area contributed by atoms with Gasteiger partial charge in [0.2, 0.25) is 5.91 Å². The molecule has 0 saturated carbocycles. The van der Waals surface area contributed by atoms with Gasteiger partial charge in [0.05, 0.1) is 66.1 Å². The smallest absolute Gasteiger partial charge is 0.219 e. The summed E-state index contributed by atoms with van der Waals surface area (Å²) in [6, 6.07) is 19.5. The number of nitrogens with zero attached hydrogens (tertiary/aromatic N) is 14. The number of rotatable bonds is 42. The molecule has 604 valence electrons. The molecule has 1 amide bonds. The fourth-order valence-corrected chi connectivity index (χ4v) is 11.8. The second-order valence-electron chi connectivity index (χ2n) is 26.5. The summed E-state index contributed by atoms with van der Waals surface area (Å²) in [7, 11) is 7.82. The molecule has 2 aliphatic rings. The Morgan fingerprint density at radius 3 is 1.40 bits per heavy atom. The van der Waals surface area contributed by atoms with Gasteiger partial charge in [0.1, 0.15) is 31.0 Å². The van der Waals surface area contributed by atoms with E-state index in [2.05, 4.69) is 136 Å². The molecule has 2 saturated heterocycles. The first-order chi connectivity index (χ1) is 50.7. The SMILES string of the molecule is C(COCCOCC1CO1)OCCOCC1CO1.CCCCCCn1ccnc1-c1cccc(C)n1.CCNC(=O)CCCCC[n+]1ccc(C(CC)CC(CC(C)c2cc[n+](CCCCCC(=O)[O-])cc2)c2ccncc2)cc1.Cn1ccnc1-c1nccn1C.Cn1ccnc1-c1nccn1C.[Cl-].[Cl-].[Cl-].[Cl-].[Os]. The third-order valence-corrected chi connectivity index (χ3v) is 18.0. The van der Waals surface area contributed by atoms with E-state index in [1.807, 2.05) is 128 Å². The van der Waals surface area contributed by atoms with Gasteiger partial charge in [-0.25, -0.2) is 39.0 Å². The number of carboxylic acids is 1. The van der Waals surface area contributed by atoms with E-state index in [1.165, 1.54) is 42.4 Å². The first-order valence-corrected chi connectivity index (χ1v) is 37.5. The number of carbonyl (C=O) groups is 2. The predicted molar refractivity (Wildman–Crippen MR) is 399 cm³/mol. The normalized spacial score (nSPS) is 13.6. The second kappa shape index (κ2) is 57.2. The fraction of sp³-hybridized carbons (Fsp3) is 0.537. The van der Waals surface area contributed by atoms with Gasteiger partial charge in [-0.2, -0.15) is 0 Å². The fourth-order valence-electron chi connectivity index (χ4n) is 11.8. The van der Waals surface area contributed by atoms with Gasteiger partial charge >= 0.3 is 0 Å². The van der Waals surface area contributed by atoms with E-state index in [0.717, 1.165) is 125 Å². The van der Waals surface area contributed by atoms with Crippen LogP contribution >= 0.6 is 0 Å². The van der Waals surface area contributed by atoms with Gasteiger partial charge in [0, 0.05) is 191 Å². The molecule has 29 heteroatoms. The number of pyridine rings is 4. The van der Waals surface area contributed by atoms with E-state index >= 15 is 0 Å². The summed E-state index contributed by atoms with van der Waals surface area (Å²) >= 11 is 0. The average Bonchev–Trinajstić information content (AvgIpc) is 1.11. The molecular weight excluding hydrogens is 1650 g/mol. The average molecular weight is 1760 g/mol. The summed E-state index contributed by atoms with van der Waals surface area (Å²) in [5, 5.41) is 13.5. The molecule has 2 fully saturated rings. The topological polar surface area (TPSA) is 254 Å².